The molecule has 2 aliphatic rings. The van der Waals surface area contributed by atoms with Crippen LogP contribution in [0, 0.1) is 0 Å². The Kier molecular flexibility index (Phi) is 3.22. The second-order valence-electron chi connectivity index (χ2n) is 6.60. The molecule has 1 aliphatic heterocycles. The molecule has 4 nitrogen and oxygen atoms in total. The molecule has 2 aromatic rings. The topological polar surface area (TPSA) is 39.9 Å². The first kappa shape index (κ1) is 14.1. The Morgan fingerprint density at radius 3 is 2.82 bits per heavy atom. The number of hydrogen-bond acceptors (Lipinski definition) is 4. The SMILES string of the molecule is CSc1ncc2c3c(n(C4CCCC4)c2n1)C(C)(C)OC=C3. The summed E-state index contributed by atoms with van der Waals surface area (Å²) in [6.45, 7) is 4.28. The van der Waals surface area contributed by atoms with Gasteiger partial charge in [-0.25, -0.2) is 9.97 Å². The average Bonchev–Trinajstić information content (AvgIpc) is 3.12. The summed E-state index contributed by atoms with van der Waals surface area (Å²) in [6.07, 6.45) is 12.9. The lowest BCUT2D eigenvalue weighted by Crippen LogP contribution is -2.27. The molecule has 0 spiro atoms. The fourth-order valence-electron chi connectivity index (χ4n) is 3.82. The Balaban J connectivity index is 2.06. The summed E-state index contributed by atoms with van der Waals surface area (Å²) in [5, 5.41) is 1.98. The summed E-state index contributed by atoms with van der Waals surface area (Å²) in [6, 6.07) is 0.533. The summed E-state index contributed by atoms with van der Waals surface area (Å²) in [7, 11) is 0. The van der Waals surface area contributed by atoms with Crippen LogP contribution in [0.3, 0.4) is 0 Å². The highest BCUT2D eigenvalue weighted by Gasteiger charge is 2.36. The van der Waals surface area contributed by atoms with Gasteiger partial charge in [0.25, 0.3) is 0 Å². The van der Waals surface area contributed by atoms with Gasteiger partial charge in [-0.1, -0.05) is 24.6 Å². The molecule has 1 fully saturated rings. The molecule has 0 atom stereocenters. The van der Waals surface area contributed by atoms with Crippen LogP contribution in [0.15, 0.2) is 17.6 Å². The maximum atomic E-state index is 5.92. The first-order valence-electron chi connectivity index (χ1n) is 7.91. The Hall–Kier alpha value is -1.49. The van der Waals surface area contributed by atoms with E-state index in [-0.39, 0.29) is 5.60 Å². The van der Waals surface area contributed by atoms with Crippen molar-refractivity contribution in [1.82, 2.24) is 14.5 Å². The average molecular weight is 315 g/mol. The van der Waals surface area contributed by atoms with Gasteiger partial charge < -0.3 is 9.30 Å². The largest absolute Gasteiger partial charge is 0.489 e. The first-order chi connectivity index (χ1) is 10.6. The van der Waals surface area contributed by atoms with Crippen LogP contribution in [0.1, 0.15) is 56.8 Å². The molecule has 0 aromatic carbocycles. The predicted molar refractivity (Wildman–Crippen MR) is 90.0 cm³/mol. The van der Waals surface area contributed by atoms with Crippen molar-refractivity contribution in [2.45, 2.75) is 56.3 Å². The van der Waals surface area contributed by atoms with Crippen LogP contribution in [0.2, 0.25) is 0 Å². The number of fused-ring (bicyclic) bond motifs is 3. The van der Waals surface area contributed by atoms with Gasteiger partial charge >= 0.3 is 0 Å². The zero-order valence-electron chi connectivity index (χ0n) is 13.3. The fourth-order valence-corrected chi connectivity index (χ4v) is 4.16. The molecular formula is C17H21N3OS. The van der Waals surface area contributed by atoms with Crippen molar-refractivity contribution < 1.29 is 4.74 Å². The molecule has 2 aromatic heterocycles. The van der Waals surface area contributed by atoms with Gasteiger partial charge in [0, 0.05) is 23.2 Å². The lowest BCUT2D eigenvalue weighted by Gasteiger charge is -2.31. The van der Waals surface area contributed by atoms with E-state index < -0.39 is 0 Å². The van der Waals surface area contributed by atoms with Gasteiger partial charge in [0.15, 0.2) is 5.16 Å². The summed E-state index contributed by atoms with van der Waals surface area (Å²) < 4.78 is 8.37. The highest BCUT2D eigenvalue weighted by molar-refractivity contribution is 7.98. The van der Waals surface area contributed by atoms with Crippen LogP contribution in [-0.4, -0.2) is 20.8 Å². The van der Waals surface area contributed by atoms with Crippen LogP contribution in [-0.2, 0) is 10.3 Å². The van der Waals surface area contributed by atoms with Crippen LogP contribution in [0.25, 0.3) is 17.1 Å². The van der Waals surface area contributed by atoms with E-state index in [0.717, 1.165) is 16.2 Å². The van der Waals surface area contributed by atoms with Gasteiger partial charge in [-0.15, -0.1) is 0 Å². The van der Waals surface area contributed by atoms with Gasteiger partial charge in [-0.2, -0.15) is 0 Å². The molecular weight excluding hydrogens is 294 g/mol. The van der Waals surface area contributed by atoms with Gasteiger partial charge in [0.05, 0.1) is 12.0 Å². The molecule has 0 bridgehead atoms. The third kappa shape index (κ3) is 1.98. The molecule has 0 saturated heterocycles. The van der Waals surface area contributed by atoms with Crippen LogP contribution >= 0.6 is 11.8 Å². The number of rotatable bonds is 2. The number of nitrogens with zero attached hydrogens (tertiary/aromatic N) is 3. The molecule has 0 radical (unpaired) electrons. The maximum absolute atomic E-state index is 5.92. The monoisotopic (exact) mass is 315 g/mol. The second-order valence-corrected chi connectivity index (χ2v) is 7.37. The summed E-state index contributed by atoms with van der Waals surface area (Å²) >= 11 is 1.60. The van der Waals surface area contributed by atoms with Gasteiger partial charge in [-0.05, 0) is 39.0 Å². The van der Waals surface area contributed by atoms with Crippen molar-refractivity contribution >= 4 is 28.9 Å². The van der Waals surface area contributed by atoms with E-state index in [1.54, 1.807) is 11.8 Å². The predicted octanol–water partition coefficient (Wildman–Crippen LogP) is 4.50. The highest BCUT2D eigenvalue weighted by Crippen LogP contribution is 2.43. The smallest absolute Gasteiger partial charge is 0.189 e. The van der Waals surface area contributed by atoms with Gasteiger partial charge in [0.1, 0.15) is 11.2 Å². The zero-order chi connectivity index (χ0) is 15.3. The minimum atomic E-state index is -0.326. The van der Waals surface area contributed by atoms with Crippen molar-refractivity contribution in [1.29, 1.82) is 0 Å². The normalized spacial score (nSPS) is 20.3. The minimum Gasteiger partial charge on any atom is -0.489 e. The Morgan fingerprint density at radius 1 is 1.32 bits per heavy atom. The van der Waals surface area contributed by atoms with Crippen LogP contribution < -0.4 is 0 Å². The molecule has 5 heteroatoms. The van der Waals surface area contributed by atoms with Gasteiger partial charge in [0.2, 0.25) is 0 Å². The zero-order valence-corrected chi connectivity index (χ0v) is 14.1. The van der Waals surface area contributed by atoms with Crippen molar-refractivity contribution in [3.05, 3.63) is 23.7 Å². The fraction of sp³-hybridized carbons (Fsp3) is 0.529. The standard InChI is InChI=1S/C17H21N3OS/c1-17(2)14-12(8-9-21-17)13-10-18-16(22-3)19-15(13)20(14)11-6-4-5-7-11/h8-11H,4-7H2,1-3H3. The molecule has 116 valence electrons. The molecule has 3 heterocycles. The van der Waals surface area contributed by atoms with E-state index >= 15 is 0 Å². The van der Waals surface area contributed by atoms with Crippen LogP contribution in [0.5, 0.6) is 0 Å². The lowest BCUT2D eigenvalue weighted by atomic mass is 9.97. The first-order valence-corrected chi connectivity index (χ1v) is 9.14. The van der Waals surface area contributed by atoms with E-state index in [1.165, 1.54) is 36.9 Å². The molecule has 4 rings (SSSR count). The number of ether oxygens (including phenoxy) is 1. The Labute approximate surface area is 135 Å². The Bertz CT molecular complexity index is 757. The van der Waals surface area contributed by atoms with E-state index in [4.69, 9.17) is 9.72 Å². The third-order valence-corrected chi connectivity index (χ3v) is 5.36. The van der Waals surface area contributed by atoms with E-state index in [0.29, 0.717) is 6.04 Å². The van der Waals surface area contributed by atoms with E-state index in [1.807, 2.05) is 18.7 Å². The van der Waals surface area contributed by atoms with Crippen molar-refractivity contribution in [3.63, 3.8) is 0 Å². The van der Waals surface area contributed by atoms with E-state index in [9.17, 15) is 0 Å². The second kappa shape index (κ2) is 5.01. The van der Waals surface area contributed by atoms with Crippen LogP contribution in [0.4, 0.5) is 0 Å². The lowest BCUT2D eigenvalue weighted by molar-refractivity contribution is 0.0442. The third-order valence-electron chi connectivity index (χ3n) is 4.80. The van der Waals surface area contributed by atoms with Gasteiger partial charge in [-0.3, -0.25) is 0 Å². The minimum absolute atomic E-state index is 0.326. The Morgan fingerprint density at radius 2 is 2.09 bits per heavy atom. The summed E-state index contributed by atoms with van der Waals surface area (Å²) in [4.78, 5) is 9.32. The molecule has 0 unspecified atom stereocenters. The number of thioether (sulfide) groups is 1. The number of aromatic nitrogens is 3. The molecule has 1 saturated carbocycles. The molecule has 1 aliphatic carbocycles. The molecule has 0 amide bonds. The van der Waals surface area contributed by atoms with Crippen molar-refractivity contribution in [3.8, 4) is 0 Å². The van der Waals surface area contributed by atoms with Crippen molar-refractivity contribution in [2.24, 2.45) is 0 Å². The summed E-state index contributed by atoms with van der Waals surface area (Å²) in [5.41, 5.74) is 3.22. The maximum Gasteiger partial charge on any atom is 0.189 e. The molecule has 22 heavy (non-hydrogen) atoms. The number of hydrogen-bond donors (Lipinski definition) is 0. The van der Waals surface area contributed by atoms with Crippen molar-refractivity contribution in [2.75, 3.05) is 6.26 Å². The summed E-state index contributed by atoms with van der Waals surface area (Å²) in [5.74, 6) is 0. The van der Waals surface area contributed by atoms with E-state index in [2.05, 4.69) is 29.5 Å². The highest BCUT2D eigenvalue weighted by atomic mass is 32.2. The molecule has 0 N–H and O–H groups in total. The quantitative estimate of drug-likeness (QED) is 0.604.